The molecule has 3 N–H and O–H groups in total. The van der Waals surface area contributed by atoms with E-state index in [1.165, 1.54) is 11.1 Å². The number of hydrogen-bond donors (Lipinski definition) is 2. The fraction of sp³-hybridized carbons (Fsp3) is 0.278. The number of nitrogens with two attached hydrogens (primary N) is 1. The van der Waals surface area contributed by atoms with Gasteiger partial charge in [0.15, 0.2) is 5.96 Å². The van der Waals surface area contributed by atoms with Crippen LogP contribution in [0.15, 0.2) is 59.6 Å². The molecule has 1 heterocycles. The SMILES string of the molecule is I.NC(=NCC1Cc2ccccc2O1)NCCc1ccccc1. The highest BCUT2D eigenvalue weighted by atomic mass is 127. The van der Waals surface area contributed by atoms with Crippen LogP contribution >= 0.6 is 24.0 Å². The maximum atomic E-state index is 5.90. The smallest absolute Gasteiger partial charge is 0.188 e. The van der Waals surface area contributed by atoms with Crippen molar-refractivity contribution in [2.24, 2.45) is 10.7 Å². The van der Waals surface area contributed by atoms with Crippen LogP contribution in [0.1, 0.15) is 11.1 Å². The molecule has 1 aliphatic rings. The maximum Gasteiger partial charge on any atom is 0.188 e. The van der Waals surface area contributed by atoms with E-state index in [1.807, 2.05) is 36.4 Å². The molecular weight excluding hydrogens is 401 g/mol. The van der Waals surface area contributed by atoms with E-state index in [0.717, 1.165) is 25.1 Å². The van der Waals surface area contributed by atoms with Crippen LogP contribution in [0.2, 0.25) is 0 Å². The zero-order chi connectivity index (χ0) is 15.2. The summed E-state index contributed by atoms with van der Waals surface area (Å²) in [5, 5.41) is 3.15. The highest BCUT2D eigenvalue weighted by Crippen LogP contribution is 2.27. The lowest BCUT2D eigenvalue weighted by Gasteiger charge is -2.09. The molecule has 0 aliphatic carbocycles. The first-order valence-electron chi connectivity index (χ1n) is 7.63. The monoisotopic (exact) mass is 423 g/mol. The quantitative estimate of drug-likeness (QED) is 0.442. The number of benzene rings is 2. The molecule has 1 unspecified atom stereocenters. The van der Waals surface area contributed by atoms with Crippen LogP contribution in [0.5, 0.6) is 5.75 Å². The highest BCUT2D eigenvalue weighted by molar-refractivity contribution is 14.0. The Morgan fingerprint density at radius 1 is 1.13 bits per heavy atom. The molecule has 122 valence electrons. The normalized spacial score (nSPS) is 16.2. The molecule has 23 heavy (non-hydrogen) atoms. The summed E-state index contributed by atoms with van der Waals surface area (Å²) >= 11 is 0. The number of nitrogens with zero attached hydrogens (tertiary/aromatic N) is 1. The first-order chi connectivity index (χ1) is 10.8. The van der Waals surface area contributed by atoms with Gasteiger partial charge in [0.25, 0.3) is 0 Å². The third-order valence-corrected chi connectivity index (χ3v) is 3.74. The summed E-state index contributed by atoms with van der Waals surface area (Å²) in [7, 11) is 0. The summed E-state index contributed by atoms with van der Waals surface area (Å²) in [6.07, 6.45) is 1.92. The largest absolute Gasteiger partial charge is 0.488 e. The lowest BCUT2D eigenvalue weighted by atomic mass is 10.1. The number of para-hydroxylation sites is 1. The van der Waals surface area contributed by atoms with Crippen molar-refractivity contribution >= 4 is 29.9 Å². The minimum atomic E-state index is 0. The Bertz CT molecular complexity index is 621. The Hall–Kier alpha value is -1.76. The number of ether oxygens (including phenoxy) is 1. The molecule has 0 fully saturated rings. The van der Waals surface area contributed by atoms with Gasteiger partial charge in [-0.25, -0.2) is 4.99 Å². The lowest BCUT2D eigenvalue weighted by Crippen LogP contribution is -2.34. The maximum absolute atomic E-state index is 5.90. The van der Waals surface area contributed by atoms with E-state index in [9.17, 15) is 0 Å². The Morgan fingerprint density at radius 2 is 1.87 bits per heavy atom. The van der Waals surface area contributed by atoms with Gasteiger partial charge in [-0.15, -0.1) is 24.0 Å². The molecule has 4 nitrogen and oxygen atoms in total. The topological polar surface area (TPSA) is 59.6 Å². The van der Waals surface area contributed by atoms with Crippen molar-refractivity contribution in [2.45, 2.75) is 18.9 Å². The van der Waals surface area contributed by atoms with Crippen molar-refractivity contribution in [1.82, 2.24) is 5.32 Å². The van der Waals surface area contributed by atoms with Crippen LogP contribution in [0, 0.1) is 0 Å². The molecule has 0 amide bonds. The van der Waals surface area contributed by atoms with E-state index in [4.69, 9.17) is 10.5 Å². The third-order valence-electron chi connectivity index (χ3n) is 3.74. The van der Waals surface area contributed by atoms with E-state index in [-0.39, 0.29) is 30.1 Å². The van der Waals surface area contributed by atoms with Gasteiger partial charge in [-0.3, -0.25) is 0 Å². The fourth-order valence-electron chi connectivity index (χ4n) is 2.59. The number of nitrogens with one attached hydrogen (secondary N) is 1. The van der Waals surface area contributed by atoms with Crippen LogP contribution in [0.3, 0.4) is 0 Å². The summed E-state index contributed by atoms with van der Waals surface area (Å²) in [6, 6.07) is 18.5. The Morgan fingerprint density at radius 3 is 2.65 bits per heavy atom. The molecule has 0 aromatic heterocycles. The number of fused-ring (bicyclic) bond motifs is 1. The number of aliphatic imine (C=N–C) groups is 1. The second-order valence-electron chi connectivity index (χ2n) is 5.44. The number of hydrogen-bond acceptors (Lipinski definition) is 2. The average molecular weight is 423 g/mol. The first kappa shape index (κ1) is 17.6. The molecule has 0 saturated heterocycles. The van der Waals surface area contributed by atoms with Gasteiger partial charge in [0.05, 0.1) is 6.54 Å². The van der Waals surface area contributed by atoms with Gasteiger partial charge in [0.1, 0.15) is 11.9 Å². The molecule has 0 spiro atoms. The van der Waals surface area contributed by atoms with Crippen molar-refractivity contribution in [2.75, 3.05) is 13.1 Å². The number of guanidine groups is 1. The Kier molecular flexibility index (Phi) is 6.70. The summed E-state index contributed by atoms with van der Waals surface area (Å²) in [5.74, 6) is 1.45. The molecular formula is C18H22IN3O. The van der Waals surface area contributed by atoms with Crippen LogP contribution in [0.25, 0.3) is 0 Å². The molecule has 5 heteroatoms. The standard InChI is InChI=1S/C18H21N3O.HI/c19-18(20-11-10-14-6-2-1-3-7-14)21-13-16-12-15-8-4-5-9-17(15)22-16;/h1-9,16H,10-13H2,(H3,19,20,21);1H. The molecule has 3 rings (SSSR count). The predicted molar refractivity (Wildman–Crippen MR) is 105 cm³/mol. The van der Waals surface area contributed by atoms with Crippen molar-refractivity contribution in [3.8, 4) is 5.75 Å². The van der Waals surface area contributed by atoms with Crippen molar-refractivity contribution in [1.29, 1.82) is 0 Å². The molecule has 1 atom stereocenters. The zero-order valence-electron chi connectivity index (χ0n) is 12.9. The van der Waals surface area contributed by atoms with Gasteiger partial charge in [0.2, 0.25) is 0 Å². The molecule has 0 saturated carbocycles. The van der Waals surface area contributed by atoms with Crippen molar-refractivity contribution in [3.63, 3.8) is 0 Å². The van der Waals surface area contributed by atoms with E-state index in [0.29, 0.717) is 12.5 Å². The minimum absolute atomic E-state index is 0. The summed E-state index contributed by atoms with van der Waals surface area (Å²) < 4.78 is 5.84. The van der Waals surface area contributed by atoms with Gasteiger partial charge in [-0.1, -0.05) is 48.5 Å². The summed E-state index contributed by atoms with van der Waals surface area (Å²) in [4.78, 5) is 4.38. The van der Waals surface area contributed by atoms with E-state index < -0.39 is 0 Å². The van der Waals surface area contributed by atoms with Gasteiger partial charge in [-0.2, -0.15) is 0 Å². The lowest BCUT2D eigenvalue weighted by molar-refractivity contribution is 0.242. The molecule has 2 aromatic carbocycles. The van der Waals surface area contributed by atoms with Crippen LogP contribution < -0.4 is 15.8 Å². The second kappa shape index (κ2) is 8.76. The van der Waals surface area contributed by atoms with Crippen LogP contribution in [-0.4, -0.2) is 25.2 Å². The van der Waals surface area contributed by atoms with Gasteiger partial charge < -0.3 is 15.8 Å². The summed E-state index contributed by atoms with van der Waals surface area (Å²) in [6.45, 7) is 1.37. The van der Waals surface area contributed by atoms with E-state index >= 15 is 0 Å². The minimum Gasteiger partial charge on any atom is -0.488 e. The Labute approximate surface area is 154 Å². The number of halogens is 1. The second-order valence-corrected chi connectivity index (χ2v) is 5.44. The molecule has 2 aromatic rings. The molecule has 0 bridgehead atoms. The van der Waals surface area contributed by atoms with Crippen LogP contribution in [0.4, 0.5) is 0 Å². The third kappa shape index (κ3) is 5.13. The highest BCUT2D eigenvalue weighted by Gasteiger charge is 2.21. The Balaban J connectivity index is 0.00000192. The van der Waals surface area contributed by atoms with Crippen molar-refractivity contribution < 1.29 is 4.74 Å². The molecule has 0 radical (unpaired) electrons. The molecule has 1 aliphatic heterocycles. The van der Waals surface area contributed by atoms with E-state index in [1.54, 1.807) is 0 Å². The average Bonchev–Trinajstić information content (AvgIpc) is 2.97. The zero-order valence-corrected chi connectivity index (χ0v) is 15.3. The van der Waals surface area contributed by atoms with Gasteiger partial charge in [0, 0.05) is 13.0 Å². The number of rotatable bonds is 5. The summed E-state index contributed by atoms with van der Waals surface area (Å²) in [5.41, 5.74) is 8.44. The van der Waals surface area contributed by atoms with Gasteiger partial charge in [-0.05, 0) is 23.6 Å². The predicted octanol–water partition coefficient (Wildman–Crippen LogP) is 2.76. The van der Waals surface area contributed by atoms with Crippen molar-refractivity contribution in [3.05, 3.63) is 65.7 Å². The fourth-order valence-corrected chi connectivity index (χ4v) is 2.59. The van der Waals surface area contributed by atoms with Crippen LogP contribution in [-0.2, 0) is 12.8 Å². The van der Waals surface area contributed by atoms with Gasteiger partial charge >= 0.3 is 0 Å². The van der Waals surface area contributed by atoms with E-state index in [2.05, 4.69) is 28.5 Å². The first-order valence-corrected chi connectivity index (χ1v) is 7.63.